The predicted molar refractivity (Wildman–Crippen MR) is 94.9 cm³/mol. The summed E-state index contributed by atoms with van der Waals surface area (Å²) in [6.45, 7) is 9.68. The van der Waals surface area contributed by atoms with Crippen LogP contribution >= 0.6 is 0 Å². The molecule has 24 heavy (non-hydrogen) atoms. The Morgan fingerprint density at radius 1 is 1.12 bits per heavy atom. The molecule has 1 aromatic heterocycles. The number of likely N-dealkylation sites (N-methyl/N-ethyl adjacent to an activating group) is 1. The molecule has 1 unspecified atom stereocenters. The number of likely N-dealkylation sites (tertiary alicyclic amines) is 1. The van der Waals surface area contributed by atoms with Crippen LogP contribution in [0, 0.1) is 13.8 Å². The van der Waals surface area contributed by atoms with Crippen LogP contribution in [0.25, 0.3) is 0 Å². The Morgan fingerprint density at radius 2 is 1.96 bits per heavy atom. The van der Waals surface area contributed by atoms with Gasteiger partial charge in [0.2, 0.25) is 5.91 Å². The van der Waals surface area contributed by atoms with Gasteiger partial charge in [-0.25, -0.2) is 0 Å². The predicted octanol–water partition coefficient (Wildman–Crippen LogP) is 2.42. The zero-order valence-corrected chi connectivity index (χ0v) is 15.4. The van der Waals surface area contributed by atoms with E-state index in [2.05, 4.69) is 34.7 Å². The first-order valence-electron chi connectivity index (χ1n) is 9.32. The van der Waals surface area contributed by atoms with Gasteiger partial charge in [0.25, 0.3) is 0 Å². The molecule has 3 heterocycles. The van der Waals surface area contributed by atoms with Crippen molar-refractivity contribution in [2.24, 2.45) is 0 Å². The summed E-state index contributed by atoms with van der Waals surface area (Å²) in [5.41, 5.74) is 1.22. The van der Waals surface area contributed by atoms with E-state index in [9.17, 15) is 4.79 Å². The zero-order valence-electron chi connectivity index (χ0n) is 15.4. The zero-order chi connectivity index (χ0) is 17.1. The molecule has 3 rings (SSSR count). The third-order valence-corrected chi connectivity index (χ3v) is 5.55. The molecular formula is C19H31N3O2. The van der Waals surface area contributed by atoms with Crippen molar-refractivity contribution in [1.29, 1.82) is 0 Å². The van der Waals surface area contributed by atoms with Crippen LogP contribution in [-0.4, -0.2) is 66.4 Å². The molecule has 134 valence electrons. The second-order valence-electron chi connectivity index (χ2n) is 7.40. The minimum atomic E-state index is 0.0978. The number of aryl methyl sites for hydroxylation is 2. The number of piperidine rings is 1. The monoisotopic (exact) mass is 333 g/mol. The topological polar surface area (TPSA) is 39.9 Å². The number of furan rings is 1. The Balaban J connectivity index is 1.55. The highest BCUT2D eigenvalue weighted by Gasteiger charge is 2.30. The van der Waals surface area contributed by atoms with Gasteiger partial charge >= 0.3 is 0 Å². The van der Waals surface area contributed by atoms with Crippen molar-refractivity contribution in [3.05, 3.63) is 23.2 Å². The Labute approximate surface area is 145 Å². The van der Waals surface area contributed by atoms with Crippen LogP contribution in [0.2, 0.25) is 0 Å². The molecule has 5 nitrogen and oxygen atoms in total. The van der Waals surface area contributed by atoms with E-state index in [0.29, 0.717) is 5.91 Å². The van der Waals surface area contributed by atoms with E-state index >= 15 is 0 Å². The smallest absolute Gasteiger partial charge is 0.239 e. The van der Waals surface area contributed by atoms with Crippen LogP contribution < -0.4 is 0 Å². The van der Waals surface area contributed by atoms with E-state index in [1.54, 1.807) is 0 Å². The molecule has 0 N–H and O–H groups in total. The number of amides is 1. The van der Waals surface area contributed by atoms with Gasteiger partial charge in [-0.05, 0) is 58.3 Å². The normalized spacial score (nSPS) is 24.1. The Bertz CT molecular complexity index is 549. The summed E-state index contributed by atoms with van der Waals surface area (Å²) in [7, 11) is 2.09. The van der Waals surface area contributed by atoms with Gasteiger partial charge in [0, 0.05) is 26.2 Å². The lowest BCUT2D eigenvalue weighted by molar-refractivity contribution is -0.137. The fraction of sp³-hybridized carbons (Fsp3) is 0.737. The first-order valence-corrected chi connectivity index (χ1v) is 9.32. The first-order chi connectivity index (χ1) is 11.5. The van der Waals surface area contributed by atoms with Crippen molar-refractivity contribution >= 4 is 5.91 Å². The van der Waals surface area contributed by atoms with Crippen LogP contribution in [0.1, 0.15) is 42.8 Å². The third kappa shape index (κ3) is 4.01. The van der Waals surface area contributed by atoms with E-state index in [0.717, 1.165) is 63.6 Å². The van der Waals surface area contributed by atoms with Crippen LogP contribution in [0.5, 0.6) is 0 Å². The maximum Gasteiger partial charge on any atom is 0.239 e. The molecule has 0 radical (unpaired) electrons. The van der Waals surface area contributed by atoms with Gasteiger partial charge in [0.1, 0.15) is 11.5 Å². The van der Waals surface area contributed by atoms with Gasteiger partial charge in [0.15, 0.2) is 0 Å². The molecule has 2 aliphatic heterocycles. The standard InChI is InChI=1S/C19H31N3O2/c1-15-13-17(24-16(15)2)14-21-9-6-10-22(12-11-21)19(23)18-7-4-5-8-20(18)3/h13,18H,4-12,14H2,1-3H3. The lowest BCUT2D eigenvalue weighted by Gasteiger charge is -2.35. The van der Waals surface area contributed by atoms with E-state index in [1.807, 2.05) is 6.92 Å². The fourth-order valence-electron chi connectivity index (χ4n) is 3.90. The molecule has 0 bridgehead atoms. The number of carbonyl (C=O) groups is 1. The minimum absolute atomic E-state index is 0.0978. The highest BCUT2D eigenvalue weighted by molar-refractivity contribution is 5.82. The molecule has 1 amide bonds. The summed E-state index contributed by atoms with van der Waals surface area (Å²) in [4.78, 5) is 19.6. The number of carbonyl (C=O) groups excluding carboxylic acids is 1. The van der Waals surface area contributed by atoms with Crippen LogP contribution in [0.4, 0.5) is 0 Å². The maximum absolute atomic E-state index is 12.9. The molecule has 1 atom stereocenters. The van der Waals surface area contributed by atoms with Gasteiger partial charge in [-0.3, -0.25) is 14.6 Å². The van der Waals surface area contributed by atoms with Gasteiger partial charge in [-0.2, -0.15) is 0 Å². The summed E-state index contributed by atoms with van der Waals surface area (Å²) >= 11 is 0. The summed E-state index contributed by atoms with van der Waals surface area (Å²) in [6.07, 6.45) is 4.45. The quantitative estimate of drug-likeness (QED) is 0.852. The molecule has 0 aliphatic carbocycles. The molecule has 0 saturated carbocycles. The van der Waals surface area contributed by atoms with E-state index in [-0.39, 0.29) is 6.04 Å². The SMILES string of the molecule is Cc1cc(CN2CCCN(C(=O)C3CCCCN3C)CC2)oc1C. The Morgan fingerprint density at radius 3 is 2.67 bits per heavy atom. The molecule has 0 aromatic carbocycles. The highest BCUT2D eigenvalue weighted by Crippen LogP contribution is 2.19. The Kier molecular flexibility index (Phi) is 5.61. The molecule has 2 aliphatic rings. The van der Waals surface area contributed by atoms with E-state index in [4.69, 9.17) is 4.42 Å². The van der Waals surface area contributed by atoms with Gasteiger partial charge in [-0.1, -0.05) is 6.42 Å². The van der Waals surface area contributed by atoms with E-state index < -0.39 is 0 Å². The number of hydrogen-bond donors (Lipinski definition) is 0. The van der Waals surface area contributed by atoms with E-state index in [1.165, 1.54) is 18.4 Å². The van der Waals surface area contributed by atoms with Gasteiger partial charge < -0.3 is 9.32 Å². The molecular weight excluding hydrogens is 302 g/mol. The second kappa shape index (κ2) is 7.70. The van der Waals surface area contributed by atoms with Crippen LogP contribution in [0.15, 0.2) is 10.5 Å². The molecule has 1 aromatic rings. The maximum atomic E-state index is 12.9. The average Bonchev–Trinajstić information content (AvgIpc) is 2.75. The van der Waals surface area contributed by atoms with Crippen molar-refractivity contribution in [2.45, 2.75) is 52.1 Å². The van der Waals surface area contributed by atoms with Crippen molar-refractivity contribution in [3.63, 3.8) is 0 Å². The lowest BCUT2D eigenvalue weighted by atomic mass is 10.0. The van der Waals surface area contributed by atoms with Crippen molar-refractivity contribution in [3.8, 4) is 0 Å². The summed E-state index contributed by atoms with van der Waals surface area (Å²) < 4.78 is 5.81. The number of rotatable bonds is 3. The molecule has 0 spiro atoms. The van der Waals surface area contributed by atoms with Crippen LogP contribution in [-0.2, 0) is 11.3 Å². The first kappa shape index (κ1) is 17.5. The van der Waals surface area contributed by atoms with Crippen molar-refractivity contribution in [1.82, 2.24) is 14.7 Å². The van der Waals surface area contributed by atoms with Crippen molar-refractivity contribution < 1.29 is 9.21 Å². The third-order valence-electron chi connectivity index (χ3n) is 5.55. The highest BCUT2D eigenvalue weighted by atomic mass is 16.3. The summed E-state index contributed by atoms with van der Waals surface area (Å²) in [6, 6.07) is 2.24. The fourth-order valence-corrected chi connectivity index (χ4v) is 3.90. The Hall–Kier alpha value is -1.33. The minimum Gasteiger partial charge on any atom is -0.465 e. The van der Waals surface area contributed by atoms with Gasteiger partial charge in [-0.15, -0.1) is 0 Å². The summed E-state index contributed by atoms with van der Waals surface area (Å²) in [5, 5.41) is 0. The molecule has 5 heteroatoms. The second-order valence-corrected chi connectivity index (χ2v) is 7.40. The number of hydrogen-bond acceptors (Lipinski definition) is 4. The lowest BCUT2D eigenvalue weighted by Crippen LogP contribution is -2.50. The largest absolute Gasteiger partial charge is 0.465 e. The van der Waals surface area contributed by atoms with Crippen molar-refractivity contribution in [2.75, 3.05) is 39.8 Å². The van der Waals surface area contributed by atoms with Crippen LogP contribution in [0.3, 0.4) is 0 Å². The van der Waals surface area contributed by atoms with Gasteiger partial charge in [0.05, 0.1) is 12.6 Å². The average molecular weight is 333 g/mol. The molecule has 2 fully saturated rings. The summed E-state index contributed by atoms with van der Waals surface area (Å²) in [5.74, 6) is 2.39. The number of nitrogens with zero attached hydrogens (tertiary/aromatic N) is 3. The molecule has 2 saturated heterocycles.